The van der Waals surface area contributed by atoms with Crippen molar-refractivity contribution in [3.63, 3.8) is 0 Å². The molecule has 0 atom stereocenters. The molecule has 4 heteroatoms. The molecule has 0 spiro atoms. The van der Waals surface area contributed by atoms with Crippen LogP contribution in [0.5, 0.6) is 0 Å². The lowest BCUT2D eigenvalue weighted by Gasteiger charge is -2.05. The van der Waals surface area contributed by atoms with E-state index in [1.165, 1.54) is 5.57 Å². The Hall–Kier alpha value is -0.540. The van der Waals surface area contributed by atoms with Crippen LogP contribution in [0.15, 0.2) is 23.8 Å². The van der Waals surface area contributed by atoms with Crippen molar-refractivity contribution in [3.05, 3.63) is 39.4 Å². The zero-order chi connectivity index (χ0) is 12.7. The molecule has 0 aliphatic carbocycles. The molecule has 1 N–H and O–H groups in total. The molecule has 0 bridgehead atoms. The van der Waals surface area contributed by atoms with Crippen molar-refractivity contribution in [2.75, 3.05) is 26.8 Å². The van der Waals surface area contributed by atoms with Gasteiger partial charge in [-0.05, 0) is 30.7 Å². The topological polar surface area (TPSA) is 21.3 Å². The van der Waals surface area contributed by atoms with Crippen LogP contribution in [-0.2, 0) is 4.74 Å². The zero-order valence-electron chi connectivity index (χ0n) is 10.1. The largest absolute Gasteiger partial charge is 0.383 e. The third kappa shape index (κ3) is 5.55. The third-order valence-electron chi connectivity index (χ3n) is 2.25. The highest BCUT2D eigenvalue weighted by atomic mass is 35.5. The molecule has 0 aliphatic rings. The van der Waals surface area contributed by atoms with Crippen LogP contribution in [0.3, 0.4) is 0 Å². The lowest BCUT2D eigenvalue weighted by molar-refractivity contribution is 0.200. The van der Waals surface area contributed by atoms with Gasteiger partial charge >= 0.3 is 0 Å². The first kappa shape index (κ1) is 14.5. The van der Waals surface area contributed by atoms with Gasteiger partial charge in [0.25, 0.3) is 0 Å². The summed E-state index contributed by atoms with van der Waals surface area (Å²) in [5, 5.41) is 4.68. The first-order valence-electron chi connectivity index (χ1n) is 5.45. The number of nitrogens with one attached hydrogen (secondary N) is 1. The number of benzene rings is 1. The van der Waals surface area contributed by atoms with E-state index >= 15 is 0 Å². The standard InChI is InChI=1S/C13H17Cl2NO/c1-10(9-16-5-6-17-2)7-11-8-12(14)3-4-13(11)15/h3-4,7-8,16H,5-6,9H2,1-2H3/b10-7+. The fourth-order valence-corrected chi connectivity index (χ4v) is 1.75. The first-order chi connectivity index (χ1) is 8.13. The molecule has 1 aromatic carbocycles. The summed E-state index contributed by atoms with van der Waals surface area (Å²) in [6.45, 7) is 4.42. The minimum absolute atomic E-state index is 0.695. The SMILES string of the molecule is COCCNC/C(C)=C/c1cc(Cl)ccc1Cl. The van der Waals surface area contributed by atoms with Crippen molar-refractivity contribution in [2.24, 2.45) is 0 Å². The number of rotatable bonds is 6. The molecular formula is C13H17Cl2NO. The van der Waals surface area contributed by atoms with Crippen molar-refractivity contribution in [2.45, 2.75) is 6.92 Å². The van der Waals surface area contributed by atoms with E-state index in [0.29, 0.717) is 16.7 Å². The van der Waals surface area contributed by atoms with Gasteiger partial charge in [-0.2, -0.15) is 0 Å². The van der Waals surface area contributed by atoms with Crippen LogP contribution in [-0.4, -0.2) is 26.8 Å². The van der Waals surface area contributed by atoms with Crippen LogP contribution in [0.4, 0.5) is 0 Å². The molecule has 0 amide bonds. The van der Waals surface area contributed by atoms with Crippen LogP contribution in [0, 0.1) is 0 Å². The molecule has 0 heterocycles. The molecule has 1 aromatic rings. The second-order valence-corrected chi connectivity index (χ2v) is 4.67. The molecular weight excluding hydrogens is 257 g/mol. The Morgan fingerprint density at radius 1 is 1.41 bits per heavy atom. The number of methoxy groups -OCH3 is 1. The zero-order valence-corrected chi connectivity index (χ0v) is 11.6. The molecule has 0 unspecified atom stereocenters. The molecule has 0 radical (unpaired) electrons. The lowest BCUT2D eigenvalue weighted by atomic mass is 10.1. The number of hydrogen-bond donors (Lipinski definition) is 1. The Morgan fingerprint density at radius 3 is 2.88 bits per heavy atom. The van der Waals surface area contributed by atoms with Gasteiger partial charge in [0.2, 0.25) is 0 Å². The van der Waals surface area contributed by atoms with E-state index in [1.807, 2.05) is 12.1 Å². The van der Waals surface area contributed by atoms with Crippen molar-refractivity contribution in [1.82, 2.24) is 5.32 Å². The highest BCUT2D eigenvalue weighted by molar-refractivity contribution is 6.34. The van der Waals surface area contributed by atoms with Crippen LogP contribution >= 0.6 is 23.2 Å². The molecule has 94 valence electrons. The Bertz CT molecular complexity index is 391. The van der Waals surface area contributed by atoms with Gasteiger partial charge in [-0.1, -0.05) is 34.9 Å². The van der Waals surface area contributed by atoms with Crippen molar-refractivity contribution < 1.29 is 4.74 Å². The van der Waals surface area contributed by atoms with Crippen LogP contribution in [0.25, 0.3) is 6.08 Å². The van der Waals surface area contributed by atoms with E-state index < -0.39 is 0 Å². The highest BCUT2D eigenvalue weighted by Crippen LogP contribution is 2.22. The Balaban J connectivity index is 2.57. The molecule has 0 aromatic heterocycles. The van der Waals surface area contributed by atoms with E-state index in [-0.39, 0.29) is 0 Å². The Kier molecular flexibility index (Phi) is 6.60. The van der Waals surface area contributed by atoms with Gasteiger partial charge in [0.1, 0.15) is 0 Å². The minimum atomic E-state index is 0.695. The maximum Gasteiger partial charge on any atom is 0.0587 e. The molecule has 1 rings (SSSR count). The molecule has 17 heavy (non-hydrogen) atoms. The monoisotopic (exact) mass is 273 g/mol. The van der Waals surface area contributed by atoms with Gasteiger partial charge in [-0.15, -0.1) is 0 Å². The van der Waals surface area contributed by atoms with E-state index in [9.17, 15) is 0 Å². The Labute approximate surface area is 113 Å². The summed E-state index contributed by atoms with van der Waals surface area (Å²) in [6.07, 6.45) is 2.04. The Morgan fingerprint density at radius 2 is 2.18 bits per heavy atom. The predicted octanol–water partition coefficient (Wildman–Crippen LogP) is 3.63. The quantitative estimate of drug-likeness (QED) is 0.800. The molecule has 0 saturated carbocycles. The van der Waals surface area contributed by atoms with Crippen LogP contribution in [0.2, 0.25) is 10.0 Å². The lowest BCUT2D eigenvalue weighted by Crippen LogP contribution is -2.20. The molecule has 0 aliphatic heterocycles. The summed E-state index contributed by atoms with van der Waals surface area (Å²) in [7, 11) is 1.69. The van der Waals surface area contributed by atoms with Gasteiger partial charge in [-0.25, -0.2) is 0 Å². The highest BCUT2D eigenvalue weighted by Gasteiger charge is 1.99. The van der Waals surface area contributed by atoms with E-state index in [2.05, 4.69) is 12.2 Å². The van der Waals surface area contributed by atoms with E-state index in [1.54, 1.807) is 19.2 Å². The van der Waals surface area contributed by atoms with Crippen molar-refractivity contribution in [1.29, 1.82) is 0 Å². The number of halogens is 2. The normalized spacial score (nSPS) is 11.9. The van der Waals surface area contributed by atoms with Gasteiger partial charge in [0.05, 0.1) is 6.61 Å². The summed E-state index contributed by atoms with van der Waals surface area (Å²) < 4.78 is 4.96. The average molecular weight is 274 g/mol. The van der Waals surface area contributed by atoms with Gasteiger partial charge in [-0.3, -0.25) is 0 Å². The van der Waals surface area contributed by atoms with Gasteiger partial charge in [0.15, 0.2) is 0 Å². The van der Waals surface area contributed by atoms with Gasteiger partial charge in [0, 0.05) is 30.2 Å². The first-order valence-corrected chi connectivity index (χ1v) is 6.21. The molecule has 0 saturated heterocycles. The summed E-state index contributed by atoms with van der Waals surface area (Å²) in [4.78, 5) is 0. The second-order valence-electron chi connectivity index (χ2n) is 3.83. The maximum atomic E-state index is 6.08. The fourth-order valence-electron chi connectivity index (χ4n) is 1.40. The van der Waals surface area contributed by atoms with E-state index in [0.717, 1.165) is 18.7 Å². The van der Waals surface area contributed by atoms with E-state index in [4.69, 9.17) is 27.9 Å². The van der Waals surface area contributed by atoms with Crippen LogP contribution < -0.4 is 5.32 Å². The minimum Gasteiger partial charge on any atom is -0.383 e. The molecule has 2 nitrogen and oxygen atoms in total. The summed E-state index contributed by atoms with van der Waals surface area (Å²) in [5.74, 6) is 0. The van der Waals surface area contributed by atoms with Gasteiger partial charge < -0.3 is 10.1 Å². The second kappa shape index (κ2) is 7.72. The number of ether oxygens (including phenoxy) is 1. The predicted molar refractivity (Wildman–Crippen MR) is 74.9 cm³/mol. The molecule has 0 fully saturated rings. The van der Waals surface area contributed by atoms with Crippen LogP contribution in [0.1, 0.15) is 12.5 Å². The summed E-state index contributed by atoms with van der Waals surface area (Å²) in [6, 6.07) is 5.46. The maximum absolute atomic E-state index is 6.08. The fraction of sp³-hybridized carbons (Fsp3) is 0.385. The van der Waals surface area contributed by atoms with Crippen molar-refractivity contribution in [3.8, 4) is 0 Å². The summed E-state index contributed by atoms with van der Waals surface area (Å²) in [5.41, 5.74) is 2.15. The smallest absolute Gasteiger partial charge is 0.0587 e. The third-order valence-corrected chi connectivity index (χ3v) is 2.83. The average Bonchev–Trinajstić information content (AvgIpc) is 2.29. The van der Waals surface area contributed by atoms with Crippen molar-refractivity contribution >= 4 is 29.3 Å². The number of hydrogen-bond acceptors (Lipinski definition) is 2. The summed E-state index contributed by atoms with van der Waals surface area (Å²) >= 11 is 12.0.